The molecule has 4 heterocycles. The first-order chi connectivity index (χ1) is 15.2. The molecule has 1 N–H and O–H groups in total. The van der Waals surface area contributed by atoms with Crippen molar-refractivity contribution in [1.82, 2.24) is 9.88 Å². The predicted molar refractivity (Wildman–Crippen MR) is 115 cm³/mol. The van der Waals surface area contributed by atoms with Crippen LogP contribution < -0.4 is 4.90 Å². The molecule has 0 aliphatic carbocycles. The van der Waals surface area contributed by atoms with Gasteiger partial charge in [0.1, 0.15) is 18.2 Å². The number of aromatic nitrogens is 1. The number of anilines is 1. The van der Waals surface area contributed by atoms with Gasteiger partial charge in [-0.1, -0.05) is 5.16 Å². The van der Waals surface area contributed by atoms with Crippen molar-refractivity contribution in [3.63, 3.8) is 0 Å². The van der Waals surface area contributed by atoms with Crippen molar-refractivity contribution >= 4 is 17.7 Å². The highest BCUT2D eigenvalue weighted by Crippen LogP contribution is 2.40. The normalized spacial score (nSPS) is 24.7. The second-order valence-electron chi connectivity index (χ2n) is 7.93. The van der Waals surface area contributed by atoms with Crippen molar-refractivity contribution in [3.8, 4) is 0 Å². The quantitative estimate of drug-likeness (QED) is 0.814. The molecule has 2 saturated heterocycles. The summed E-state index contributed by atoms with van der Waals surface area (Å²) in [7, 11) is 0. The van der Waals surface area contributed by atoms with Crippen molar-refractivity contribution in [2.75, 3.05) is 44.4 Å². The molecule has 31 heavy (non-hydrogen) atoms. The lowest BCUT2D eigenvalue weighted by molar-refractivity contribution is -0.137. The average Bonchev–Trinajstić information content (AvgIpc) is 3.21. The minimum absolute atomic E-state index is 0.283. The number of aliphatic hydroxyl groups is 1. The number of pyridine rings is 1. The van der Waals surface area contributed by atoms with Gasteiger partial charge in [0, 0.05) is 31.4 Å². The Morgan fingerprint density at radius 2 is 1.90 bits per heavy atom. The van der Waals surface area contributed by atoms with Crippen LogP contribution in [0.25, 0.3) is 6.08 Å². The van der Waals surface area contributed by atoms with Gasteiger partial charge in [0.25, 0.3) is 5.72 Å². The van der Waals surface area contributed by atoms with Crippen LogP contribution in [0.5, 0.6) is 0 Å². The molecule has 0 saturated carbocycles. The molecule has 0 radical (unpaired) electrons. The zero-order chi connectivity index (χ0) is 21.3. The summed E-state index contributed by atoms with van der Waals surface area (Å²) in [5.74, 6) is 1.33. The summed E-state index contributed by atoms with van der Waals surface area (Å²) < 4.78 is 18.8. The van der Waals surface area contributed by atoms with E-state index in [0.717, 1.165) is 56.1 Å². The van der Waals surface area contributed by atoms with Crippen LogP contribution in [0.3, 0.4) is 0 Å². The van der Waals surface area contributed by atoms with Gasteiger partial charge in [-0.25, -0.2) is 9.37 Å². The number of fused-ring (bicyclic) bond motifs is 1. The van der Waals surface area contributed by atoms with E-state index in [9.17, 15) is 9.50 Å². The van der Waals surface area contributed by atoms with Gasteiger partial charge in [-0.15, -0.1) is 0 Å². The molecule has 1 aromatic heterocycles. The first-order valence-electron chi connectivity index (χ1n) is 10.6. The van der Waals surface area contributed by atoms with Crippen LogP contribution in [0.1, 0.15) is 24.0 Å². The zero-order valence-corrected chi connectivity index (χ0v) is 17.2. The van der Waals surface area contributed by atoms with Crippen molar-refractivity contribution in [1.29, 1.82) is 0 Å². The number of piperidine rings is 1. The molecule has 3 aliphatic heterocycles. The van der Waals surface area contributed by atoms with Gasteiger partial charge < -0.3 is 24.5 Å². The largest absolute Gasteiger partial charge is 0.390 e. The lowest BCUT2D eigenvalue weighted by atomic mass is 9.95. The van der Waals surface area contributed by atoms with E-state index in [4.69, 9.17) is 9.57 Å². The molecular formula is C23H25FN4O3. The molecular weight excluding hydrogens is 399 g/mol. The lowest BCUT2D eigenvalue weighted by Gasteiger charge is -2.38. The number of morpholine rings is 1. The third-order valence-corrected chi connectivity index (χ3v) is 6.05. The lowest BCUT2D eigenvalue weighted by Crippen LogP contribution is -2.51. The summed E-state index contributed by atoms with van der Waals surface area (Å²) in [6.45, 7) is 3.57. The number of hydrogen-bond acceptors (Lipinski definition) is 7. The van der Waals surface area contributed by atoms with Crippen LogP contribution in [0.4, 0.5) is 10.2 Å². The standard InChI is InChI=1S/C23H25FN4O3/c24-20-6-4-19(5-7-20)23(16-29)28-9-1-2-18(22(28)26-31-23)14-17-3-8-21(25-15-17)27-10-12-30-13-11-27/h3-8,14-15,29H,1-2,9-13,16H2/b18-14+. The monoisotopic (exact) mass is 424 g/mol. The molecule has 8 heteroatoms. The van der Waals surface area contributed by atoms with Crippen LogP contribution in [0.2, 0.25) is 0 Å². The number of oxime groups is 1. The van der Waals surface area contributed by atoms with Gasteiger partial charge in [-0.2, -0.15) is 0 Å². The van der Waals surface area contributed by atoms with Gasteiger partial charge in [0.05, 0.1) is 13.2 Å². The molecule has 3 aliphatic rings. The zero-order valence-electron chi connectivity index (χ0n) is 17.2. The molecule has 0 spiro atoms. The van der Waals surface area contributed by atoms with E-state index in [-0.39, 0.29) is 12.4 Å². The average molecular weight is 424 g/mol. The Hall–Kier alpha value is -2.97. The Balaban J connectivity index is 1.39. The second-order valence-corrected chi connectivity index (χ2v) is 7.93. The molecule has 2 aromatic rings. The van der Waals surface area contributed by atoms with Crippen molar-refractivity contribution in [3.05, 3.63) is 65.1 Å². The first-order valence-corrected chi connectivity index (χ1v) is 10.6. The summed E-state index contributed by atoms with van der Waals surface area (Å²) >= 11 is 0. The van der Waals surface area contributed by atoms with Crippen molar-refractivity contribution in [2.45, 2.75) is 18.6 Å². The van der Waals surface area contributed by atoms with Gasteiger partial charge in [-0.3, -0.25) is 0 Å². The minimum Gasteiger partial charge on any atom is -0.390 e. The minimum atomic E-state index is -1.12. The summed E-state index contributed by atoms with van der Waals surface area (Å²) in [5, 5.41) is 14.6. The number of benzene rings is 1. The number of amidine groups is 1. The third-order valence-electron chi connectivity index (χ3n) is 6.05. The fourth-order valence-electron chi connectivity index (χ4n) is 4.37. The van der Waals surface area contributed by atoms with E-state index in [1.54, 1.807) is 12.1 Å². The molecule has 1 atom stereocenters. The number of rotatable bonds is 4. The highest BCUT2D eigenvalue weighted by atomic mass is 19.1. The van der Waals surface area contributed by atoms with Gasteiger partial charge in [0.15, 0.2) is 5.84 Å². The summed E-state index contributed by atoms with van der Waals surface area (Å²) in [5.41, 5.74) is 1.57. The molecule has 2 fully saturated rings. The Labute approximate surface area is 180 Å². The molecule has 7 nitrogen and oxygen atoms in total. The smallest absolute Gasteiger partial charge is 0.260 e. The maximum Gasteiger partial charge on any atom is 0.260 e. The topological polar surface area (TPSA) is 70.4 Å². The molecule has 0 bridgehead atoms. The van der Waals surface area contributed by atoms with Crippen molar-refractivity contribution in [2.24, 2.45) is 5.16 Å². The van der Waals surface area contributed by atoms with E-state index in [1.807, 2.05) is 17.2 Å². The number of halogens is 1. The van der Waals surface area contributed by atoms with Gasteiger partial charge >= 0.3 is 0 Å². The van der Waals surface area contributed by atoms with Crippen LogP contribution in [0, 0.1) is 5.82 Å². The van der Waals surface area contributed by atoms with E-state index in [0.29, 0.717) is 17.9 Å². The van der Waals surface area contributed by atoms with E-state index < -0.39 is 5.72 Å². The predicted octanol–water partition coefficient (Wildman–Crippen LogP) is 2.73. The highest BCUT2D eigenvalue weighted by molar-refractivity contribution is 6.03. The number of hydrogen-bond donors (Lipinski definition) is 1. The molecule has 1 aromatic carbocycles. The third kappa shape index (κ3) is 3.66. The Morgan fingerprint density at radius 1 is 1.10 bits per heavy atom. The van der Waals surface area contributed by atoms with Crippen LogP contribution >= 0.6 is 0 Å². The molecule has 0 amide bonds. The summed E-state index contributed by atoms with van der Waals surface area (Å²) in [6.07, 6.45) is 5.69. The maximum absolute atomic E-state index is 13.4. The van der Waals surface area contributed by atoms with E-state index in [2.05, 4.69) is 27.2 Å². The van der Waals surface area contributed by atoms with Crippen LogP contribution in [-0.2, 0) is 15.3 Å². The Kier molecular flexibility index (Phi) is 5.33. The van der Waals surface area contributed by atoms with Crippen molar-refractivity contribution < 1.29 is 19.1 Å². The van der Waals surface area contributed by atoms with Crippen LogP contribution in [-0.4, -0.2) is 60.3 Å². The van der Waals surface area contributed by atoms with Gasteiger partial charge in [0.2, 0.25) is 0 Å². The summed E-state index contributed by atoms with van der Waals surface area (Å²) in [4.78, 5) is 14.6. The fourth-order valence-corrected chi connectivity index (χ4v) is 4.37. The van der Waals surface area contributed by atoms with Crippen LogP contribution in [0.15, 0.2) is 53.3 Å². The second kappa shape index (κ2) is 8.28. The fraction of sp³-hybridized carbons (Fsp3) is 0.391. The highest BCUT2D eigenvalue weighted by Gasteiger charge is 2.49. The number of ether oxygens (including phenoxy) is 1. The number of nitrogens with zero attached hydrogens (tertiary/aromatic N) is 4. The Morgan fingerprint density at radius 3 is 2.61 bits per heavy atom. The Bertz CT molecular complexity index is 987. The number of aliphatic hydroxyl groups excluding tert-OH is 1. The molecule has 1 unspecified atom stereocenters. The SMILES string of the molecule is OCC1(c2ccc(F)cc2)ON=C2/C(=C/c3ccc(N4CCOCC4)nc3)CCCN21. The van der Waals surface area contributed by atoms with Gasteiger partial charge in [-0.05, 0) is 66.5 Å². The van der Waals surface area contributed by atoms with E-state index >= 15 is 0 Å². The summed E-state index contributed by atoms with van der Waals surface area (Å²) in [6, 6.07) is 10.1. The first kappa shape index (κ1) is 20.0. The maximum atomic E-state index is 13.4. The molecule has 5 rings (SSSR count). The molecule has 162 valence electrons. The van der Waals surface area contributed by atoms with E-state index in [1.165, 1.54) is 12.1 Å².